The molecule has 0 aliphatic heterocycles. The number of hydrogen-bond donors (Lipinski definition) is 0. The molecule has 0 aliphatic rings. The van der Waals surface area contributed by atoms with Gasteiger partial charge in [0, 0.05) is 24.5 Å². The van der Waals surface area contributed by atoms with E-state index in [1.54, 1.807) is 9.36 Å². The van der Waals surface area contributed by atoms with Crippen LogP contribution >= 0.6 is 24.4 Å². The van der Waals surface area contributed by atoms with Crippen LogP contribution in [-0.2, 0) is 16.8 Å². The fraction of sp³-hybridized carbons (Fsp3) is 0.421. The first kappa shape index (κ1) is 29.3. The summed E-state index contributed by atoms with van der Waals surface area (Å²) >= 11 is 7.40. The van der Waals surface area contributed by atoms with Crippen LogP contribution in [0.1, 0.15) is 36.6 Å². The molecule has 0 aromatic carbocycles. The third kappa shape index (κ3) is 7.79. The molecule has 0 saturated carbocycles. The Morgan fingerprint density at radius 3 is 1.41 bits per heavy atom. The van der Waals surface area contributed by atoms with Crippen molar-refractivity contribution >= 4 is 40.7 Å². The summed E-state index contributed by atoms with van der Waals surface area (Å²) < 4.78 is 3.50. The number of rotatable bonds is 5. The summed E-state index contributed by atoms with van der Waals surface area (Å²) in [7, 11) is 0. The molecule has 32 heavy (non-hydrogen) atoms. The van der Waals surface area contributed by atoms with Crippen molar-refractivity contribution in [1.82, 2.24) is 34.5 Å². The van der Waals surface area contributed by atoms with Gasteiger partial charge in [0.2, 0.25) is 5.95 Å². The van der Waals surface area contributed by atoms with Gasteiger partial charge in [-0.3, -0.25) is 0 Å². The fourth-order valence-electron chi connectivity index (χ4n) is 2.84. The minimum absolute atomic E-state index is 0. The van der Waals surface area contributed by atoms with E-state index in [2.05, 4.69) is 68.3 Å². The molecule has 3 aromatic rings. The van der Waals surface area contributed by atoms with Gasteiger partial charge in [-0.05, 0) is 53.7 Å². The molecule has 171 valence electrons. The zero-order chi connectivity index (χ0) is 23.6. The molecule has 0 atom stereocenters. The van der Waals surface area contributed by atoms with Crippen LogP contribution in [0.15, 0.2) is 12.1 Å². The van der Waals surface area contributed by atoms with Gasteiger partial charge in [0.1, 0.15) is 0 Å². The molecule has 3 aromatic heterocycles. The SMILES string of the molecule is CCN(CC)c1nc(-n2nc(C)cc2C)nc(-n2nc(C)cc2C)n1.[Co+2].[N-]=C=S.[N-]=C=S. The Balaban J connectivity index is 0.00000124. The van der Waals surface area contributed by atoms with Crippen molar-refractivity contribution in [3.63, 3.8) is 0 Å². The molecule has 3 heterocycles. The second kappa shape index (κ2) is 14.4. The summed E-state index contributed by atoms with van der Waals surface area (Å²) in [4.78, 5) is 16.0. The first-order valence-corrected chi connectivity index (χ1v) is 10.2. The summed E-state index contributed by atoms with van der Waals surface area (Å²) in [5.74, 6) is 1.64. The summed E-state index contributed by atoms with van der Waals surface area (Å²) in [6, 6.07) is 4.01. The molecule has 0 fully saturated rings. The Morgan fingerprint density at radius 2 is 1.16 bits per heavy atom. The van der Waals surface area contributed by atoms with Gasteiger partial charge in [-0.1, -0.05) is 24.4 Å². The van der Waals surface area contributed by atoms with E-state index in [0.717, 1.165) is 35.9 Å². The van der Waals surface area contributed by atoms with E-state index in [0.29, 0.717) is 17.8 Å². The Morgan fingerprint density at radius 1 is 0.812 bits per heavy atom. The Kier molecular flexibility index (Phi) is 13.2. The van der Waals surface area contributed by atoms with Gasteiger partial charge in [0.25, 0.3) is 11.9 Å². The second-order valence-electron chi connectivity index (χ2n) is 6.27. The summed E-state index contributed by atoms with van der Waals surface area (Å²) in [5.41, 5.74) is 3.81. The van der Waals surface area contributed by atoms with Crippen LogP contribution in [0.4, 0.5) is 5.95 Å². The minimum Gasteiger partial charge on any atom is -0.753 e. The van der Waals surface area contributed by atoms with Gasteiger partial charge < -0.3 is 15.7 Å². The van der Waals surface area contributed by atoms with Crippen molar-refractivity contribution in [3.8, 4) is 11.9 Å². The van der Waals surface area contributed by atoms with Gasteiger partial charge in [-0.15, -0.1) is 0 Å². The maximum Gasteiger partial charge on any atom is 2.00 e. The molecule has 0 amide bonds. The zero-order valence-electron chi connectivity index (χ0n) is 18.7. The van der Waals surface area contributed by atoms with E-state index in [1.807, 2.05) is 39.8 Å². The Hall–Kier alpha value is -2.66. The molecule has 13 heteroatoms. The van der Waals surface area contributed by atoms with E-state index in [1.165, 1.54) is 10.3 Å². The van der Waals surface area contributed by atoms with Gasteiger partial charge in [-0.25, -0.2) is 9.36 Å². The molecule has 0 aliphatic carbocycles. The van der Waals surface area contributed by atoms with Gasteiger partial charge in [0.15, 0.2) is 0 Å². The molecular weight excluding hydrogens is 491 g/mol. The molecule has 10 nitrogen and oxygen atoms in total. The largest absolute Gasteiger partial charge is 2.00 e. The summed E-state index contributed by atoms with van der Waals surface area (Å²) in [6.45, 7) is 13.7. The van der Waals surface area contributed by atoms with Gasteiger partial charge in [-0.2, -0.15) is 35.5 Å². The van der Waals surface area contributed by atoms with Crippen molar-refractivity contribution in [2.45, 2.75) is 41.5 Å². The average molecular weight is 516 g/mol. The van der Waals surface area contributed by atoms with Crippen LogP contribution in [-0.4, -0.2) is 57.9 Å². The molecule has 0 saturated heterocycles. The normalized spacial score (nSPS) is 9.19. The Bertz CT molecular complexity index is 999. The van der Waals surface area contributed by atoms with Crippen molar-refractivity contribution in [1.29, 1.82) is 0 Å². The van der Waals surface area contributed by atoms with Crippen LogP contribution in [0.2, 0.25) is 0 Å². The van der Waals surface area contributed by atoms with E-state index >= 15 is 0 Å². The number of nitrogens with zero attached hydrogens (tertiary/aromatic N) is 10. The maximum atomic E-state index is 7.13. The van der Waals surface area contributed by atoms with Crippen molar-refractivity contribution in [3.05, 3.63) is 45.7 Å². The topological polar surface area (TPSA) is 122 Å². The number of anilines is 1. The molecule has 0 unspecified atom stereocenters. The van der Waals surface area contributed by atoms with Crippen molar-refractivity contribution in [2.24, 2.45) is 0 Å². The van der Waals surface area contributed by atoms with E-state index in [-0.39, 0.29) is 16.8 Å². The zero-order valence-corrected chi connectivity index (χ0v) is 21.4. The summed E-state index contributed by atoms with van der Waals surface area (Å²) in [5, 5.41) is 26.0. The van der Waals surface area contributed by atoms with Crippen molar-refractivity contribution < 1.29 is 16.8 Å². The van der Waals surface area contributed by atoms with Crippen LogP contribution in [0.5, 0.6) is 0 Å². The molecule has 0 N–H and O–H groups in total. The van der Waals surface area contributed by atoms with Gasteiger partial charge in [0.05, 0.1) is 11.4 Å². The van der Waals surface area contributed by atoms with E-state index < -0.39 is 0 Å². The number of aryl methyl sites for hydroxylation is 4. The van der Waals surface area contributed by atoms with Crippen LogP contribution in [0.3, 0.4) is 0 Å². The smallest absolute Gasteiger partial charge is 0.753 e. The first-order chi connectivity index (χ1) is 14.8. The molecule has 3 rings (SSSR count). The molecule has 1 radical (unpaired) electrons. The quantitative estimate of drug-likeness (QED) is 0.373. The van der Waals surface area contributed by atoms with Crippen LogP contribution in [0, 0.1) is 27.7 Å². The number of isothiocyanates is 2. The van der Waals surface area contributed by atoms with Crippen molar-refractivity contribution in [2.75, 3.05) is 18.0 Å². The number of aromatic nitrogens is 7. The third-order valence-corrected chi connectivity index (χ3v) is 4.04. The standard InChI is InChI=1S/C17H24N8.2CNS.Co/c1-7-23(8-2)15-18-16(24-13(5)9-11(3)21-24)20-17(19-15)25-14(6)10-12(4)22-25;2*2-1-3;/h9-10H,7-8H2,1-6H3;;;/q;2*-1;+2. The number of thiocarbonyl (C=S) groups is 2. The molecule has 0 spiro atoms. The second-order valence-corrected chi connectivity index (χ2v) is 6.63. The van der Waals surface area contributed by atoms with E-state index in [4.69, 9.17) is 10.8 Å². The van der Waals surface area contributed by atoms with E-state index in [9.17, 15) is 0 Å². The first-order valence-electron chi connectivity index (χ1n) is 9.36. The fourth-order valence-corrected chi connectivity index (χ4v) is 2.84. The summed E-state index contributed by atoms with van der Waals surface area (Å²) in [6.07, 6.45) is 0. The minimum atomic E-state index is 0. The monoisotopic (exact) mass is 515 g/mol. The average Bonchev–Trinajstić information content (AvgIpc) is 3.23. The van der Waals surface area contributed by atoms with Crippen LogP contribution < -0.4 is 4.90 Å². The molecular formula is C19H24CoN10S2. The Labute approximate surface area is 208 Å². The maximum absolute atomic E-state index is 7.13. The van der Waals surface area contributed by atoms with Crippen LogP contribution in [0.25, 0.3) is 22.7 Å². The predicted octanol–water partition coefficient (Wildman–Crippen LogP) is 3.64. The van der Waals surface area contributed by atoms with Gasteiger partial charge >= 0.3 is 16.8 Å². The number of hydrogen-bond acceptors (Lipinski definition) is 8. The molecule has 0 bridgehead atoms. The third-order valence-electron chi connectivity index (χ3n) is 4.04. The predicted molar refractivity (Wildman–Crippen MR) is 128 cm³/mol.